The molecule has 5 nitrogen and oxygen atoms in total. The molecule has 2 rings (SSSR count). The number of ether oxygens (including phenoxy) is 1. The summed E-state index contributed by atoms with van der Waals surface area (Å²) in [5.74, 6) is 0.803. The second-order valence-corrected chi connectivity index (χ2v) is 5.30. The van der Waals surface area contributed by atoms with Crippen LogP contribution >= 0.6 is 0 Å². The average Bonchev–Trinajstić information content (AvgIpc) is 2.40. The number of piperazine rings is 1. The molecule has 0 aromatic carbocycles. The van der Waals surface area contributed by atoms with Crippen LogP contribution in [0.5, 0.6) is 5.75 Å². The molecule has 0 aliphatic carbocycles. The van der Waals surface area contributed by atoms with Crippen molar-refractivity contribution in [3.63, 3.8) is 0 Å². The average molecular weight is 264 g/mol. The number of hydrogen-bond donors (Lipinski definition) is 1. The molecule has 0 radical (unpaired) electrons. The number of aryl methyl sites for hydroxylation is 1. The van der Waals surface area contributed by atoms with Gasteiger partial charge in [-0.3, -0.25) is 9.88 Å². The summed E-state index contributed by atoms with van der Waals surface area (Å²) in [6.07, 6.45) is 1.77. The quantitative estimate of drug-likeness (QED) is 0.880. The van der Waals surface area contributed by atoms with Crippen LogP contribution in [0, 0.1) is 6.92 Å². The van der Waals surface area contributed by atoms with Gasteiger partial charge in [-0.05, 0) is 27.1 Å². The second-order valence-electron chi connectivity index (χ2n) is 5.30. The lowest BCUT2D eigenvalue weighted by molar-refractivity contribution is 0.122. The zero-order valence-corrected chi connectivity index (χ0v) is 12.3. The Morgan fingerprint density at radius 2 is 2.21 bits per heavy atom. The van der Waals surface area contributed by atoms with E-state index in [4.69, 9.17) is 4.74 Å². The van der Waals surface area contributed by atoms with Crippen LogP contribution in [0.25, 0.3) is 0 Å². The number of aromatic nitrogens is 1. The van der Waals surface area contributed by atoms with Crippen molar-refractivity contribution < 1.29 is 4.74 Å². The van der Waals surface area contributed by atoms with E-state index in [2.05, 4.69) is 34.2 Å². The summed E-state index contributed by atoms with van der Waals surface area (Å²) in [6.45, 7) is 6.27. The largest absolute Gasteiger partial charge is 0.493 e. The Hall–Kier alpha value is -1.33. The summed E-state index contributed by atoms with van der Waals surface area (Å²) in [7, 11) is 6.05. The molecule has 0 saturated carbocycles. The first-order chi connectivity index (χ1) is 9.10. The van der Waals surface area contributed by atoms with Gasteiger partial charge in [0.1, 0.15) is 0 Å². The molecule has 1 unspecified atom stereocenters. The minimum Gasteiger partial charge on any atom is -0.493 e. The van der Waals surface area contributed by atoms with Crippen molar-refractivity contribution in [3.05, 3.63) is 18.0 Å². The zero-order chi connectivity index (χ0) is 13.8. The molecule has 1 N–H and O–H groups in total. The summed E-state index contributed by atoms with van der Waals surface area (Å²) < 4.78 is 5.34. The third kappa shape index (κ3) is 3.58. The van der Waals surface area contributed by atoms with Gasteiger partial charge in [-0.2, -0.15) is 0 Å². The Balaban J connectivity index is 1.99. The van der Waals surface area contributed by atoms with Crippen LogP contribution in [-0.4, -0.2) is 68.2 Å². The molecule has 2 heterocycles. The molecule has 19 heavy (non-hydrogen) atoms. The summed E-state index contributed by atoms with van der Waals surface area (Å²) >= 11 is 0. The minimum atomic E-state index is 0.525. The van der Waals surface area contributed by atoms with Crippen LogP contribution in [0.3, 0.4) is 0 Å². The highest BCUT2D eigenvalue weighted by molar-refractivity contribution is 5.56. The van der Waals surface area contributed by atoms with E-state index in [0.717, 1.165) is 43.3 Å². The number of pyridine rings is 1. The van der Waals surface area contributed by atoms with E-state index in [1.807, 2.05) is 13.0 Å². The number of methoxy groups -OCH3 is 1. The fraction of sp³-hybridized carbons (Fsp3) is 0.643. The number of nitrogens with one attached hydrogen (secondary N) is 1. The first-order valence-electron chi connectivity index (χ1n) is 6.73. The smallest absolute Gasteiger partial charge is 0.160 e. The summed E-state index contributed by atoms with van der Waals surface area (Å²) in [4.78, 5) is 9.04. The maximum atomic E-state index is 5.34. The van der Waals surface area contributed by atoms with Crippen LogP contribution < -0.4 is 10.1 Å². The molecule has 0 amide bonds. The van der Waals surface area contributed by atoms with Crippen molar-refractivity contribution in [2.24, 2.45) is 0 Å². The lowest BCUT2D eigenvalue weighted by Crippen LogP contribution is -2.52. The standard InChI is InChI=1S/C14H24N4O/c1-11-7-13(14(19-4)9-15-11)16-8-12-10-17(2)5-6-18(12)3/h7,9,12H,5-6,8,10H2,1-4H3,(H,15,16). The van der Waals surface area contributed by atoms with Gasteiger partial charge < -0.3 is 15.0 Å². The number of anilines is 1. The fourth-order valence-electron chi connectivity index (χ4n) is 2.40. The highest BCUT2D eigenvalue weighted by Gasteiger charge is 2.22. The third-order valence-corrected chi connectivity index (χ3v) is 3.73. The van der Waals surface area contributed by atoms with Crippen molar-refractivity contribution in [3.8, 4) is 5.75 Å². The number of hydrogen-bond acceptors (Lipinski definition) is 5. The number of rotatable bonds is 4. The molecule has 0 bridgehead atoms. The lowest BCUT2D eigenvalue weighted by atomic mass is 10.2. The Kier molecular flexibility index (Phi) is 4.61. The van der Waals surface area contributed by atoms with Crippen molar-refractivity contribution in [1.82, 2.24) is 14.8 Å². The molecule has 5 heteroatoms. The van der Waals surface area contributed by atoms with Gasteiger partial charge in [-0.15, -0.1) is 0 Å². The van der Waals surface area contributed by atoms with Gasteiger partial charge >= 0.3 is 0 Å². The number of nitrogens with zero attached hydrogens (tertiary/aromatic N) is 3. The minimum absolute atomic E-state index is 0.525. The van der Waals surface area contributed by atoms with E-state index in [9.17, 15) is 0 Å². The molecule has 1 atom stereocenters. The van der Waals surface area contributed by atoms with Gasteiger partial charge in [-0.1, -0.05) is 0 Å². The first kappa shape index (κ1) is 14.1. The highest BCUT2D eigenvalue weighted by atomic mass is 16.5. The normalized spacial score (nSPS) is 21.4. The molecular weight excluding hydrogens is 240 g/mol. The Morgan fingerprint density at radius 3 is 2.95 bits per heavy atom. The van der Waals surface area contributed by atoms with Crippen LogP contribution in [-0.2, 0) is 0 Å². The highest BCUT2D eigenvalue weighted by Crippen LogP contribution is 2.23. The van der Waals surface area contributed by atoms with Gasteiger partial charge in [0.2, 0.25) is 0 Å². The van der Waals surface area contributed by atoms with Crippen molar-refractivity contribution in [2.75, 3.05) is 52.7 Å². The van der Waals surface area contributed by atoms with Gasteiger partial charge in [0.05, 0.1) is 19.0 Å². The molecule has 1 aromatic heterocycles. The SMILES string of the molecule is COc1cnc(C)cc1NCC1CN(C)CCN1C. The second kappa shape index (κ2) is 6.21. The summed E-state index contributed by atoms with van der Waals surface area (Å²) in [5, 5.41) is 3.49. The van der Waals surface area contributed by atoms with Crippen molar-refractivity contribution in [1.29, 1.82) is 0 Å². The molecule has 1 aliphatic rings. The predicted molar refractivity (Wildman–Crippen MR) is 77.9 cm³/mol. The van der Waals surface area contributed by atoms with Gasteiger partial charge in [-0.25, -0.2) is 0 Å². The van der Waals surface area contributed by atoms with E-state index < -0.39 is 0 Å². The molecule has 1 aliphatic heterocycles. The van der Waals surface area contributed by atoms with E-state index >= 15 is 0 Å². The molecule has 1 fully saturated rings. The Bertz CT molecular complexity index is 424. The summed E-state index contributed by atoms with van der Waals surface area (Å²) in [6, 6.07) is 2.56. The first-order valence-corrected chi connectivity index (χ1v) is 6.73. The molecule has 1 saturated heterocycles. The van der Waals surface area contributed by atoms with Gasteiger partial charge in [0.25, 0.3) is 0 Å². The van der Waals surface area contributed by atoms with Crippen molar-refractivity contribution in [2.45, 2.75) is 13.0 Å². The molecular formula is C14H24N4O. The van der Waals surface area contributed by atoms with Crippen molar-refractivity contribution >= 4 is 5.69 Å². The Labute approximate surface area is 115 Å². The molecule has 106 valence electrons. The van der Waals surface area contributed by atoms with Gasteiger partial charge in [0.15, 0.2) is 5.75 Å². The fourth-order valence-corrected chi connectivity index (χ4v) is 2.40. The maximum Gasteiger partial charge on any atom is 0.160 e. The zero-order valence-electron chi connectivity index (χ0n) is 12.3. The predicted octanol–water partition coefficient (Wildman–Crippen LogP) is 1.06. The summed E-state index contributed by atoms with van der Waals surface area (Å²) in [5.41, 5.74) is 2.02. The van der Waals surface area contributed by atoms with Gasteiger partial charge in [0, 0.05) is 37.9 Å². The molecule has 1 aromatic rings. The third-order valence-electron chi connectivity index (χ3n) is 3.73. The van der Waals surface area contributed by atoms with Crippen LogP contribution in [0.2, 0.25) is 0 Å². The van der Waals surface area contributed by atoms with Crippen LogP contribution in [0.15, 0.2) is 12.3 Å². The van der Waals surface area contributed by atoms with E-state index in [1.54, 1.807) is 13.3 Å². The monoisotopic (exact) mass is 264 g/mol. The topological polar surface area (TPSA) is 40.6 Å². The van der Waals surface area contributed by atoms with Crippen LogP contribution in [0.1, 0.15) is 5.69 Å². The maximum absolute atomic E-state index is 5.34. The van der Waals surface area contributed by atoms with Crippen LogP contribution in [0.4, 0.5) is 5.69 Å². The Morgan fingerprint density at radius 1 is 1.42 bits per heavy atom. The van der Waals surface area contributed by atoms with E-state index in [1.165, 1.54) is 0 Å². The van der Waals surface area contributed by atoms with E-state index in [0.29, 0.717) is 6.04 Å². The molecule has 0 spiro atoms. The number of likely N-dealkylation sites (N-methyl/N-ethyl adjacent to an activating group) is 2. The van der Waals surface area contributed by atoms with E-state index in [-0.39, 0.29) is 0 Å². The lowest BCUT2D eigenvalue weighted by Gasteiger charge is -2.38.